The van der Waals surface area contributed by atoms with Crippen molar-refractivity contribution >= 4 is 10.9 Å². The second-order valence-corrected chi connectivity index (χ2v) is 7.15. The van der Waals surface area contributed by atoms with Gasteiger partial charge in [0.15, 0.2) is 0 Å². The lowest BCUT2D eigenvalue weighted by Gasteiger charge is -2.32. The number of nitrogens with zero attached hydrogens (tertiary/aromatic N) is 2. The zero-order valence-corrected chi connectivity index (χ0v) is 16.2. The van der Waals surface area contributed by atoms with Crippen LogP contribution in [0.4, 0.5) is 0 Å². The van der Waals surface area contributed by atoms with Crippen molar-refractivity contribution in [3.05, 3.63) is 59.7 Å². The van der Waals surface area contributed by atoms with Crippen molar-refractivity contribution < 1.29 is 9.47 Å². The summed E-state index contributed by atoms with van der Waals surface area (Å²) in [6.07, 6.45) is 0. The van der Waals surface area contributed by atoms with Gasteiger partial charge in [-0.2, -0.15) is 0 Å². The fourth-order valence-electron chi connectivity index (χ4n) is 3.77. The van der Waals surface area contributed by atoms with E-state index in [1.807, 2.05) is 12.1 Å². The standard InChI is InChI=1S/C23H26N2O2/c1-16-14-22(24-23-15-20(26-3)8-9-21(16)23)19-6-4-18(5-7-19)17(2)25-10-12-27-13-11-25/h4-9,14-15,17H,10-13H2,1-3H3. The zero-order valence-electron chi connectivity index (χ0n) is 16.2. The van der Waals surface area contributed by atoms with E-state index in [1.54, 1.807) is 7.11 Å². The first-order chi connectivity index (χ1) is 13.2. The molecule has 140 valence electrons. The first-order valence-electron chi connectivity index (χ1n) is 9.53. The molecule has 0 radical (unpaired) electrons. The minimum absolute atomic E-state index is 0.401. The number of benzene rings is 2. The monoisotopic (exact) mass is 362 g/mol. The van der Waals surface area contributed by atoms with E-state index in [-0.39, 0.29) is 0 Å². The van der Waals surface area contributed by atoms with Crippen LogP contribution in [0.25, 0.3) is 22.2 Å². The van der Waals surface area contributed by atoms with Gasteiger partial charge < -0.3 is 9.47 Å². The third kappa shape index (κ3) is 3.68. The lowest BCUT2D eigenvalue weighted by molar-refractivity contribution is 0.0198. The first kappa shape index (κ1) is 18.0. The Bertz CT molecular complexity index is 931. The Morgan fingerprint density at radius 1 is 1.04 bits per heavy atom. The van der Waals surface area contributed by atoms with Crippen molar-refractivity contribution in [1.29, 1.82) is 0 Å². The molecule has 1 atom stereocenters. The molecule has 2 aromatic carbocycles. The largest absolute Gasteiger partial charge is 0.497 e. The van der Waals surface area contributed by atoms with Crippen molar-refractivity contribution in [2.45, 2.75) is 19.9 Å². The molecule has 1 aromatic heterocycles. The van der Waals surface area contributed by atoms with Gasteiger partial charge in [-0.05, 0) is 43.2 Å². The normalized spacial score (nSPS) is 16.4. The first-order valence-corrected chi connectivity index (χ1v) is 9.53. The molecule has 0 saturated carbocycles. The number of fused-ring (bicyclic) bond motifs is 1. The highest BCUT2D eigenvalue weighted by Crippen LogP contribution is 2.29. The number of morpholine rings is 1. The Morgan fingerprint density at radius 2 is 1.78 bits per heavy atom. The molecule has 3 aromatic rings. The molecule has 0 spiro atoms. The number of ether oxygens (including phenoxy) is 2. The molecule has 1 fully saturated rings. The van der Waals surface area contributed by atoms with Crippen LogP contribution in [0.1, 0.15) is 24.1 Å². The van der Waals surface area contributed by atoms with Crippen LogP contribution in [0.15, 0.2) is 48.5 Å². The van der Waals surface area contributed by atoms with Gasteiger partial charge in [-0.25, -0.2) is 4.98 Å². The summed E-state index contributed by atoms with van der Waals surface area (Å²) in [5, 5.41) is 1.16. The summed E-state index contributed by atoms with van der Waals surface area (Å²) in [6, 6.07) is 17.4. The van der Waals surface area contributed by atoms with Crippen molar-refractivity contribution in [3.63, 3.8) is 0 Å². The Hall–Kier alpha value is -2.43. The molecule has 1 unspecified atom stereocenters. The molecule has 1 aliphatic rings. The quantitative estimate of drug-likeness (QED) is 0.679. The predicted octanol–water partition coefficient (Wildman–Crippen LogP) is 4.61. The topological polar surface area (TPSA) is 34.6 Å². The van der Waals surface area contributed by atoms with Gasteiger partial charge in [-0.1, -0.05) is 24.3 Å². The molecule has 0 amide bonds. The Kier molecular flexibility index (Phi) is 5.10. The maximum Gasteiger partial charge on any atom is 0.121 e. The average molecular weight is 362 g/mol. The van der Waals surface area contributed by atoms with Gasteiger partial charge in [0, 0.05) is 36.1 Å². The smallest absolute Gasteiger partial charge is 0.121 e. The van der Waals surface area contributed by atoms with Crippen LogP contribution in [0.5, 0.6) is 5.75 Å². The summed E-state index contributed by atoms with van der Waals surface area (Å²) in [7, 11) is 1.69. The maximum absolute atomic E-state index is 5.47. The van der Waals surface area contributed by atoms with E-state index >= 15 is 0 Å². The Labute approximate surface area is 160 Å². The van der Waals surface area contributed by atoms with E-state index in [4.69, 9.17) is 14.5 Å². The van der Waals surface area contributed by atoms with Gasteiger partial charge in [0.1, 0.15) is 5.75 Å². The van der Waals surface area contributed by atoms with Crippen LogP contribution in [0, 0.1) is 6.92 Å². The summed E-state index contributed by atoms with van der Waals surface area (Å²) in [5.74, 6) is 0.834. The second kappa shape index (κ2) is 7.67. The lowest BCUT2D eigenvalue weighted by atomic mass is 10.0. The van der Waals surface area contributed by atoms with Gasteiger partial charge in [0.25, 0.3) is 0 Å². The van der Waals surface area contributed by atoms with Crippen LogP contribution < -0.4 is 4.74 Å². The average Bonchev–Trinajstić information content (AvgIpc) is 2.73. The molecule has 2 heterocycles. The highest BCUT2D eigenvalue weighted by atomic mass is 16.5. The summed E-state index contributed by atoms with van der Waals surface area (Å²) >= 11 is 0. The minimum atomic E-state index is 0.401. The van der Waals surface area contributed by atoms with Gasteiger partial charge in [0.2, 0.25) is 0 Å². The molecular weight excluding hydrogens is 336 g/mol. The molecule has 1 aliphatic heterocycles. The minimum Gasteiger partial charge on any atom is -0.497 e. The van der Waals surface area contributed by atoms with Crippen molar-refractivity contribution in [3.8, 4) is 17.0 Å². The molecule has 4 nitrogen and oxygen atoms in total. The molecule has 4 rings (SSSR count). The van der Waals surface area contributed by atoms with Crippen molar-refractivity contribution in [2.75, 3.05) is 33.4 Å². The van der Waals surface area contributed by atoms with Gasteiger partial charge in [0.05, 0.1) is 31.5 Å². The number of pyridine rings is 1. The second-order valence-electron chi connectivity index (χ2n) is 7.15. The fraction of sp³-hybridized carbons (Fsp3) is 0.348. The SMILES string of the molecule is COc1ccc2c(C)cc(-c3ccc(C(C)N4CCOCC4)cc3)nc2c1. The van der Waals surface area contributed by atoms with Crippen molar-refractivity contribution in [1.82, 2.24) is 9.88 Å². The maximum atomic E-state index is 5.47. The van der Waals surface area contributed by atoms with E-state index in [1.165, 1.54) is 11.1 Å². The summed E-state index contributed by atoms with van der Waals surface area (Å²) in [6.45, 7) is 8.05. The van der Waals surface area contributed by atoms with E-state index in [0.717, 1.165) is 54.2 Å². The van der Waals surface area contributed by atoms with Crippen LogP contribution in [0.3, 0.4) is 0 Å². The molecule has 4 heteroatoms. The third-order valence-electron chi connectivity index (χ3n) is 5.51. The van der Waals surface area contributed by atoms with E-state index in [2.05, 4.69) is 55.1 Å². The Balaban J connectivity index is 1.63. The van der Waals surface area contributed by atoms with Gasteiger partial charge >= 0.3 is 0 Å². The van der Waals surface area contributed by atoms with E-state index in [9.17, 15) is 0 Å². The number of aryl methyl sites for hydroxylation is 1. The molecule has 0 bridgehead atoms. The van der Waals surface area contributed by atoms with Crippen LogP contribution in [-0.2, 0) is 4.74 Å². The van der Waals surface area contributed by atoms with Crippen LogP contribution in [0.2, 0.25) is 0 Å². The zero-order chi connectivity index (χ0) is 18.8. The number of hydrogen-bond acceptors (Lipinski definition) is 4. The highest BCUT2D eigenvalue weighted by molar-refractivity contribution is 5.86. The summed E-state index contributed by atoms with van der Waals surface area (Å²) in [4.78, 5) is 7.35. The summed E-state index contributed by atoms with van der Waals surface area (Å²) < 4.78 is 10.8. The third-order valence-corrected chi connectivity index (χ3v) is 5.51. The van der Waals surface area contributed by atoms with E-state index in [0.29, 0.717) is 6.04 Å². The van der Waals surface area contributed by atoms with Gasteiger partial charge in [-0.15, -0.1) is 0 Å². The molecule has 0 aliphatic carbocycles. The number of methoxy groups -OCH3 is 1. The number of hydrogen-bond donors (Lipinski definition) is 0. The van der Waals surface area contributed by atoms with E-state index < -0.39 is 0 Å². The van der Waals surface area contributed by atoms with Gasteiger partial charge in [-0.3, -0.25) is 4.90 Å². The Morgan fingerprint density at radius 3 is 2.48 bits per heavy atom. The van der Waals surface area contributed by atoms with Crippen LogP contribution in [-0.4, -0.2) is 43.3 Å². The molecule has 0 N–H and O–H groups in total. The molecular formula is C23H26N2O2. The fourth-order valence-corrected chi connectivity index (χ4v) is 3.77. The molecule has 1 saturated heterocycles. The number of aromatic nitrogens is 1. The highest BCUT2D eigenvalue weighted by Gasteiger charge is 2.18. The predicted molar refractivity (Wildman–Crippen MR) is 109 cm³/mol. The molecule has 27 heavy (non-hydrogen) atoms. The number of rotatable bonds is 4. The summed E-state index contributed by atoms with van der Waals surface area (Å²) in [5.41, 5.74) is 5.66. The van der Waals surface area contributed by atoms with Crippen molar-refractivity contribution in [2.24, 2.45) is 0 Å². The van der Waals surface area contributed by atoms with Crippen LogP contribution >= 0.6 is 0 Å². The lowest BCUT2D eigenvalue weighted by Crippen LogP contribution is -2.37.